The van der Waals surface area contributed by atoms with Gasteiger partial charge in [0.15, 0.2) is 0 Å². The van der Waals surface area contributed by atoms with Crippen LogP contribution in [0.5, 0.6) is 0 Å². The predicted molar refractivity (Wildman–Crippen MR) is 38.5 cm³/mol. The molecule has 0 bridgehead atoms. The molecule has 0 saturated carbocycles. The molecular formula is C8H15FO. The number of ether oxygens (including phenoxy) is 1. The summed E-state index contributed by atoms with van der Waals surface area (Å²) in [4.78, 5) is 0. The fourth-order valence-electron chi connectivity index (χ4n) is 1.23. The number of hydrogen-bond donors (Lipinski definition) is 0. The first kappa shape index (κ1) is 7.99. The highest BCUT2D eigenvalue weighted by atomic mass is 19.2. The van der Waals surface area contributed by atoms with Crippen molar-refractivity contribution in [2.24, 2.45) is 0 Å². The Morgan fingerprint density at radius 3 is 2.60 bits per heavy atom. The van der Waals surface area contributed by atoms with Crippen molar-refractivity contribution in [3.05, 3.63) is 0 Å². The molecule has 1 rings (SSSR count). The van der Waals surface area contributed by atoms with Gasteiger partial charge >= 0.3 is 0 Å². The second-order valence-corrected chi connectivity index (χ2v) is 2.90. The van der Waals surface area contributed by atoms with Crippen molar-refractivity contribution in [2.75, 3.05) is 0 Å². The third kappa shape index (κ3) is 1.48. The molecule has 0 N–H and O–H groups in total. The van der Waals surface area contributed by atoms with E-state index < -0.39 is 5.85 Å². The van der Waals surface area contributed by atoms with Crippen LogP contribution in [0.2, 0.25) is 0 Å². The first-order valence-electron chi connectivity index (χ1n) is 4.09. The van der Waals surface area contributed by atoms with E-state index in [4.69, 9.17) is 4.74 Å². The number of unbranched alkanes of at least 4 members (excludes halogenated alkanes) is 1. The van der Waals surface area contributed by atoms with Gasteiger partial charge in [-0.2, -0.15) is 0 Å². The van der Waals surface area contributed by atoms with Gasteiger partial charge in [-0.1, -0.05) is 20.3 Å². The lowest BCUT2D eigenvalue weighted by molar-refractivity contribution is 0.127. The van der Waals surface area contributed by atoms with Crippen molar-refractivity contribution >= 4 is 0 Å². The second kappa shape index (κ2) is 2.87. The smallest absolute Gasteiger partial charge is 0.236 e. The summed E-state index contributed by atoms with van der Waals surface area (Å²) in [5.41, 5.74) is 0. The molecule has 0 radical (unpaired) electrons. The van der Waals surface area contributed by atoms with Crippen LogP contribution < -0.4 is 0 Å². The lowest BCUT2D eigenvalue weighted by Gasteiger charge is -1.98. The van der Waals surface area contributed by atoms with Crippen molar-refractivity contribution in [2.45, 2.75) is 51.5 Å². The summed E-state index contributed by atoms with van der Waals surface area (Å²) in [5, 5.41) is 0. The Balaban J connectivity index is 2.16. The van der Waals surface area contributed by atoms with E-state index in [1.807, 2.05) is 6.92 Å². The zero-order valence-corrected chi connectivity index (χ0v) is 6.69. The molecule has 1 nitrogen and oxygen atoms in total. The molecule has 0 spiro atoms. The minimum absolute atomic E-state index is 0.0981. The molecule has 1 aliphatic rings. The van der Waals surface area contributed by atoms with Crippen molar-refractivity contribution in [3.63, 3.8) is 0 Å². The summed E-state index contributed by atoms with van der Waals surface area (Å²) in [6.45, 7) is 4.02. The molecule has 10 heavy (non-hydrogen) atoms. The van der Waals surface area contributed by atoms with E-state index in [0.29, 0.717) is 6.42 Å². The molecule has 2 heteroatoms. The van der Waals surface area contributed by atoms with E-state index >= 15 is 0 Å². The minimum Gasteiger partial charge on any atom is -0.334 e. The van der Waals surface area contributed by atoms with Gasteiger partial charge in [0.25, 0.3) is 0 Å². The fraction of sp³-hybridized carbons (Fsp3) is 1.00. The average Bonchev–Trinajstić information content (AvgIpc) is 2.59. The third-order valence-electron chi connectivity index (χ3n) is 2.00. The molecule has 2 unspecified atom stereocenters. The molecule has 1 aliphatic heterocycles. The predicted octanol–water partition coefficient (Wildman–Crippen LogP) is 2.65. The largest absolute Gasteiger partial charge is 0.334 e. The zero-order chi connectivity index (χ0) is 7.61. The number of hydrogen-bond acceptors (Lipinski definition) is 1. The van der Waals surface area contributed by atoms with Crippen LogP contribution in [-0.4, -0.2) is 12.0 Å². The van der Waals surface area contributed by atoms with Gasteiger partial charge in [0.2, 0.25) is 5.85 Å². The van der Waals surface area contributed by atoms with Gasteiger partial charge in [-0.25, -0.2) is 4.39 Å². The maximum Gasteiger partial charge on any atom is 0.236 e. The van der Waals surface area contributed by atoms with E-state index in [1.165, 1.54) is 0 Å². The van der Waals surface area contributed by atoms with Gasteiger partial charge in [0.1, 0.15) is 6.10 Å². The molecule has 0 aromatic rings. The first-order chi connectivity index (χ1) is 4.73. The van der Waals surface area contributed by atoms with Crippen LogP contribution in [0.15, 0.2) is 0 Å². The van der Waals surface area contributed by atoms with Crippen LogP contribution in [-0.2, 0) is 4.74 Å². The van der Waals surface area contributed by atoms with Crippen LogP contribution in [0.25, 0.3) is 0 Å². The highest BCUT2D eigenvalue weighted by Gasteiger charge is 2.55. The third-order valence-corrected chi connectivity index (χ3v) is 2.00. The molecule has 1 heterocycles. The Hall–Kier alpha value is -0.110. The summed E-state index contributed by atoms with van der Waals surface area (Å²) in [6.07, 6.45) is 3.28. The van der Waals surface area contributed by atoms with Crippen molar-refractivity contribution < 1.29 is 9.13 Å². The number of rotatable bonds is 4. The monoisotopic (exact) mass is 146 g/mol. The number of halogens is 1. The Morgan fingerprint density at radius 2 is 2.20 bits per heavy atom. The molecule has 0 amide bonds. The number of epoxide rings is 1. The van der Waals surface area contributed by atoms with E-state index in [-0.39, 0.29) is 6.10 Å². The molecule has 0 aromatic carbocycles. The lowest BCUT2D eigenvalue weighted by atomic mass is 10.1. The average molecular weight is 146 g/mol. The Labute approximate surface area is 61.6 Å². The quantitative estimate of drug-likeness (QED) is 0.555. The van der Waals surface area contributed by atoms with Crippen molar-refractivity contribution in [1.82, 2.24) is 0 Å². The summed E-state index contributed by atoms with van der Waals surface area (Å²) in [7, 11) is 0. The van der Waals surface area contributed by atoms with E-state index in [1.54, 1.807) is 0 Å². The van der Waals surface area contributed by atoms with Gasteiger partial charge in [-0.05, 0) is 12.8 Å². The summed E-state index contributed by atoms with van der Waals surface area (Å²) in [5.74, 6) is -1.23. The van der Waals surface area contributed by atoms with Crippen LogP contribution in [0.3, 0.4) is 0 Å². The molecule has 2 atom stereocenters. The van der Waals surface area contributed by atoms with E-state index in [0.717, 1.165) is 19.3 Å². The van der Waals surface area contributed by atoms with Gasteiger partial charge in [0.05, 0.1) is 0 Å². The zero-order valence-electron chi connectivity index (χ0n) is 6.69. The summed E-state index contributed by atoms with van der Waals surface area (Å²) >= 11 is 0. The van der Waals surface area contributed by atoms with Crippen LogP contribution in [0, 0.1) is 0 Å². The van der Waals surface area contributed by atoms with Crippen LogP contribution in [0.4, 0.5) is 4.39 Å². The van der Waals surface area contributed by atoms with Gasteiger partial charge in [-0.15, -0.1) is 0 Å². The van der Waals surface area contributed by atoms with Crippen LogP contribution in [0.1, 0.15) is 39.5 Å². The summed E-state index contributed by atoms with van der Waals surface area (Å²) < 4.78 is 18.0. The highest BCUT2D eigenvalue weighted by Crippen LogP contribution is 2.44. The van der Waals surface area contributed by atoms with Gasteiger partial charge in [0, 0.05) is 6.42 Å². The maximum atomic E-state index is 13.1. The fourth-order valence-corrected chi connectivity index (χ4v) is 1.23. The topological polar surface area (TPSA) is 12.5 Å². The van der Waals surface area contributed by atoms with Crippen LogP contribution >= 0.6 is 0 Å². The normalized spacial score (nSPS) is 38.1. The molecule has 1 fully saturated rings. The molecule has 1 saturated heterocycles. The SMILES string of the molecule is CCCCC1(F)OC1CC. The Morgan fingerprint density at radius 1 is 1.50 bits per heavy atom. The maximum absolute atomic E-state index is 13.1. The summed E-state index contributed by atoms with van der Waals surface area (Å²) in [6, 6.07) is 0. The van der Waals surface area contributed by atoms with Gasteiger partial charge < -0.3 is 4.74 Å². The van der Waals surface area contributed by atoms with E-state index in [2.05, 4.69) is 6.92 Å². The molecule has 0 aromatic heterocycles. The standard InChI is InChI=1S/C8H15FO/c1-3-5-6-8(9)7(4-2)10-8/h7H,3-6H2,1-2H3. The molecule has 0 aliphatic carbocycles. The molecular weight excluding hydrogens is 131 g/mol. The molecule has 60 valence electrons. The van der Waals surface area contributed by atoms with Gasteiger partial charge in [-0.3, -0.25) is 0 Å². The Bertz CT molecular complexity index is 116. The minimum atomic E-state index is -1.23. The van der Waals surface area contributed by atoms with Crippen molar-refractivity contribution in [1.29, 1.82) is 0 Å². The van der Waals surface area contributed by atoms with E-state index in [9.17, 15) is 4.39 Å². The lowest BCUT2D eigenvalue weighted by Crippen LogP contribution is -2.06. The highest BCUT2D eigenvalue weighted by molar-refractivity contribution is 4.91. The van der Waals surface area contributed by atoms with Crippen molar-refractivity contribution in [3.8, 4) is 0 Å². The second-order valence-electron chi connectivity index (χ2n) is 2.90. The first-order valence-corrected chi connectivity index (χ1v) is 4.09. The Kier molecular flexibility index (Phi) is 2.29. The number of alkyl halides is 1.